The Morgan fingerprint density at radius 3 is 2.71 bits per heavy atom. The van der Waals surface area contributed by atoms with Crippen molar-refractivity contribution < 1.29 is 14.6 Å². The fourth-order valence-corrected chi connectivity index (χ4v) is 1.19. The van der Waals surface area contributed by atoms with Crippen LogP contribution in [0.3, 0.4) is 0 Å². The van der Waals surface area contributed by atoms with Crippen LogP contribution in [0.5, 0.6) is 0 Å². The van der Waals surface area contributed by atoms with Crippen LogP contribution in [-0.4, -0.2) is 23.8 Å². The third-order valence-electron chi connectivity index (χ3n) is 2.26. The summed E-state index contributed by atoms with van der Waals surface area (Å²) in [5, 5.41) is 9.03. The Labute approximate surface area is 104 Å². The van der Waals surface area contributed by atoms with Gasteiger partial charge >= 0.3 is 5.97 Å². The summed E-state index contributed by atoms with van der Waals surface area (Å²) in [4.78, 5) is 11.5. The minimum Gasteiger partial charge on any atom is -0.462 e. The Bertz CT molecular complexity index is 265. The zero-order chi connectivity index (χ0) is 13.1. The summed E-state index contributed by atoms with van der Waals surface area (Å²) >= 11 is 0. The molecule has 0 radical (unpaired) electrons. The minimum absolute atomic E-state index is 0.261. The lowest BCUT2D eigenvalue weighted by Gasteiger charge is -2.03. The molecule has 0 rings (SSSR count). The van der Waals surface area contributed by atoms with Crippen LogP contribution in [0, 0.1) is 0 Å². The number of unbranched alkanes of at least 4 members (excludes halogenated alkanes) is 2. The second kappa shape index (κ2) is 10.1. The minimum atomic E-state index is -0.346. The molecule has 0 aliphatic heterocycles. The predicted octanol–water partition coefficient (Wildman–Crippen LogP) is 2.99. The van der Waals surface area contributed by atoms with Gasteiger partial charge in [-0.25, -0.2) is 4.79 Å². The first-order valence-corrected chi connectivity index (χ1v) is 6.26. The van der Waals surface area contributed by atoms with E-state index in [9.17, 15) is 4.79 Å². The molecular weight excluding hydrogens is 216 g/mol. The molecule has 0 heterocycles. The maximum atomic E-state index is 11.5. The van der Waals surface area contributed by atoms with E-state index in [2.05, 4.69) is 6.92 Å². The van der Waals surface area contributed by atoms with E-state index in [-0.39, 0.29) is 12.1 Å². The van der Waals surface area contributed by atoms with Crippen LogP contribution in [0.1, 0.15) is 46.5 Å². The van der Waals surface area contributed by atoms with Crippen molar-refractivity contribution in [3.8, 4) is 0 Å². The summed E-state index contributed by atoms with van der Waals surface area (Å²) in [7, 11) is 0. The van der Waals surface area contributed by atoms with Gasteiger partial charge in [-0.1, -0.05) is 38.0 Å². The maximum absolute atomic E-state index is 11.5. The smallest absolute Gasteiger partial charge is 0.333 e. The summed E-state index contributed by atoms with van der Waals surface area (Å²) < 4.78 is 5.09. The number of hydrogen-bond acceptors (Lipinski definition) is 3. The molecule has 3 heteroatoms. The molecule has 1 N–H and O–H groups in total. The van der Waals surface area contributed by atoms with Crippen LogP contribution in [0.15, 0.2) is 23.8 Å². The highest BCUT2D eigenvalue weighted by Gasteiger charge is 2.03. The summed E-state index contributed by atoms with van der Waals surface area (Å²) in [6, 6.07) is 0. The van der Waals surface area contributed by atoms with Gasteiger partial charge in [-0.2, -0.15) is 0 Å². The molecule has 17 heavy (non-hydrogen) atoms. The molecule has 0 aromatic rings. The average Bonchev–Trinajstić information content (AvgIpc) is 2.29. The first-order valence-electron chi connectivity index (χ1n) is 6.26. The Morgan fingerprint density at radius 2 is 2.12 bits per heavy atom. The summed E-state index contributed by atoms with van der Waals surface area (Å²) in [5.41, 5.74) is 0.586. The molecule has 0 saturated carbocycles. The number of aliphatic hydroxyl groups excluding tert-OH is 1. The van der Waals surface area contributed by atoms with E-state index < -0.39 is 0 Å². The molecule has 0 aliphatic carbocycles. The molecule has 0 unspecified atom stereocenters. The lowest BCUT2D eigenvalue weighted by Crippen LogP contribution is -2.06. The third-order valence-corrected chi connectivity index (χ3v) is 2.26. The first kappa shape index (κ1) is 15.9. The molecule has 0 aromatic heterocycles. The van der Waals surface area contributed by atoms with Crippen molar-refractivity contribution in [1.29, 1.82) is 0 Å². The number of ether oxygens (including phenoxy) is 1. The Morgan fingerprint density at radius 1 is 1.41 bits per heavy atom. The summed E-state index contributed by atoms with van der Waals surface area (Å²) in [6.07, 6.45) is 8.70. The number of esters is 1. The fraction of sp³-hybridized carbons (Fsp3) is 0.643. The van der Waals surface area contributed by atoms with E-state index in [0.29, 0.717) is 18.6 Å². The van der Waals surface area contributed by atoms with Gasteiger partial charge in [-0.15, -0.1) is 0 Å². The van der Waals surface area contributed by atoms with Gasteiger partial charge in [0.2, 0.25) is 0 Å². The van der Waals surface area contributed by atoms with Crippen LogP contribution in [0.2, 0.25) is 0 Å². The van der Waals surface area contributed by atoms with Gasteiger partial charge in [-0.05, 0) is 26.7 Å². The van der Waals surface area contributed by atoms with Gasteiger partial charge in [0, 0.05) is 5.57 Å². The summed E-state index contributed by atoms with van der Waals surface area (Å²) in [5.74, 6) is -0.261. The largest absolute Gasteiger partial charge is 0.462 e. The zero-order valence-electron chi connectivity index (χ0n) is 11.1. The van der Waals surface area contributed by atoms with Crippen molar-refractivity contribution in [2.75, 3.05) is 6.61 Å². The van der Waals surface area contributed by atoms with Gasteiger partial charge in [0.1, 0.15) is 0 Å². The molecule has 0 fully saturated rings. The molecule has 0 aliphatic rings. The third kappa shape index (κ3) is 9.82. The highest BCUT2D eigenvalue weighted by molar-refractivity contribution is 5.88. The quantitative estimate of drug-likeness (QED) is 0.307. The maximum Gasteiger partial charge on any atom is 0.333 e. The van der Waals surface area contributed by atoms with Gasteiger partial charge in [0.15, 0.2) is 0 Å². The average molecular weight is 240 g/mol. The second-order valence-electron chi connectivity index (χ2n) is 4.21. The van der Waals surface area contributed by atoms with Crippen molar-refractivity contribution in [3.63, 3.8) is 0 Å². The lowest BCUT2D eigenvalue weighted by molar-refractivity contribution is -0.139. The molecular formula is C14H24O3. The van der Waals surface area contributed by atoms with Gasteiger partial charge < -0.3 is 9.84 Å². The number of carbonyl (C=O) groups is 1. The molecule has 0 amide bonds. The van der Waals surface area contributed by atoms with E-state index >= 15 is 0 Å². The van der Waals surface area contributed by atoms with E-state index in [1.807, 2.05) is 6.08 Å². The van der Waals surface area contributed by atoms with Crippen LogP contribution in [0.4, 0.5) is 0 Å². The van der Waals surface area contributed by atoms with Crippen LogP contribution in [-0.2, 0) is 9.53 Å². The monoisotopic (exact) mass is 240 g/mol. The SMILES string of the molecule is CCCCCOC(=O)/C(C)=C/C=C/C[C@H](C)O. The Hall–Kier alpha value is -1.09. The molecule has 0 saturated heterocycles. The number of carbonyl (C=O) groups excluding carboxylic acids is 1. The standard InChI is InChI=1S/C14H24O3/c1-4-5-8-11-17-14(16)12(2)9-6-7-10-13(3)15/h6-7,9,13,15H,4-5,8,10-11H2,1-3H3/b7-6+,12-9+/t13-/m0/s1. The van der Waals surface area contributed by atoms with Crippen molar-refractivity contribution in [2.45, 2.75) is 52.6 Å². The first-order chi connectivity index (χ1) is 8.07. The van der Waals surface area contributed by atoms with E-state index in [4.69, 9.17) is 9.84 Å². The molecule has 98 valence electrons. The van der Waals surface area contributed by atoms with Crippen LogP contribution < -0.4 is 0 Å². The van der Waals surface area contributed by atoms with E-state index in [0.717, 1.165) is 19.3 Å². The molecule has 0 bridgehead atoms. The van der Waals surface area contributed by atoms with Crippen molar-refractivity contribution >= 4 is 5.97 Å². The molecule has 0 aromatic carbocycles. The Balaban J connectivity index is 3.86. The normalized spacial score (nSPS) is 14.0. The topological polar surface area (TPSA) is 46.5 Å². The fourth-order valence-electron chi connectivity index (χ4n) is 1.19. The number of allylic oxidation sites excluding steroid dienone is 2. The molecule has 0 spiro atoms. The molecule has 1 atom stereocenters. The van der Waals surface area contributed by atoms with Crippen molar-refractivity contribution in [3.05, 3.63) is 23.8 Å². The lowest BCUT2D eigenvalue weighted by atomic mass is 10.2. The highest BCUT2D eigenvalue weighted by Crippen LogP contribution is 2.01. The van der Waals surface area contributed by atoms with Gasteiger partial charge in [0.25, 0.3) is 0 Å². The van der Waals surface area contributed by atoms with Crippen LogP contribution in [0.25, 0.3) is 0 Å². The van der Waals surface area contributed by atoms with Gasteiger partial charge in [-0.3, -0.25) is 0 Å². The number of rotatable bonds is 8. The zero-order valence-corrected chi connectivity index (χ0v) is 11.1. The van der Waals surface area contributed by atoms with Gasteiger partial charge in [0.05, 0.1) is 12.7 Å². The van der Waals surface area contributed by atoms with E-state index in [1.54, 1.807) is 26.0 Å². The van der Waals surface area contributed by atoms with E-state index in [1.165, 1.54) is 0 Å². The number of hydrogen-bond donors (Lipinski definition) is 1. The predicted molar refractivity (Wildman–Crippen MR) is 69.7 cm³/mol. The molecule has 3 nitrogen and oxygen atoms in total. The summed E-state index contributed by atoms with van der Waals surface area (Å²) in [6.45, 7) is 6.06. The van der Waals surface area contributed by atoms with Crippen molar-refractivity contribution in [2.24, 2.45) is 0 Å². The van der Waals surface area contributed by atoms with Crippen molar-refractivity contribution in [1.82, 2.24) is 0 Å². The second-order valence-corrected chi connectivity index (χ2v) is 4.21. The highest BCUT2D eigenvalue weighted by atomic mass is 16.5. The number of aliphatic hydroxyl groups is 1. The Kier molecular flexibility index (Phi) is 9.44. The van der Waals surface area contributed by atoms with Crippen LogP contribution >= 0.6 is 0 Å².